The Balaban J connectivity index is 1.90. The van der Waals surface area contributed by atoms with Crippen molar-refractivity contribution in [3.8, 4) is 11.1 Å². The van der Waals surface area contributed by atoms with Gasteiger partial charge in [-0.2, -0.15) is 0 Å². The molecular formula is C27H25NO2. The fraction of sp³-hybridized carbons (Fsp3) is 0.222. The third kappa shape index (κ3) is 2.81. The first-order chi connectivity index (χ1) is 14.7. The van der Waals surface area contributed by atoms with E-state index in [0.717, 1.165) is 11.1 Å². The van der Waals surface area contributed by atoms with Gasteiger partial charge in [-0.15, -0.1) is 0 Å². The Kier molecular flexibility index (Phi) is 4.56. The molecule has 1 aliphatic rings. The third-order valence-corrected chi connectivity index (χ3v) is 6.44. The number of esters is 1. The number of ether oxygens (including phenoxy) is 1. The number of carbonyl (C=O) groups is 1. The van der Waals surface area contributed by atoms with Gasteiger partial charge in [-0.25, -0.2) is 0 Å². The van der Waals surface area contributed by atoms with Crippen LogP contribution in [-0.4, -0.2) is 19.1 Å². The lowest BCUT2D eigenvalue weighted by atomic mass is 9.77. The molecule has 3 nitrogen and oxygen atoms in total. The molecular weight excluding hydrogens is 370 g/mol. The van der Waals surface area contributed by atoms with Gasteiger partial charge in [-0.3, -0.25) is 4.79 Å². The molecule has 3 heteroatoms. The summed E-state index contributed by atoms with van der Waals surface area (Å²) in [6.45, 7) is 2.46. The van der Waals surface area contributed by atoms with E-state index in [1.165, 1.54) is 32.7 Å². The first-order valence-corrected chi connectivity index (χ1v) is 10.6. The van der Waals surface area contributed by atoms with Gasteiger partial charge in [-0.05, 0) is 63.6 Å². The molecule has 0 aliphatic heterocycles. The molecule has 4 aromatic rings. The molecule has 30 heavy (non-hydrogen) atoms. The second kappa shape index (κ2) is 7.26. The summed E-state index contributed by atoms with van der Waals surface area (Å²) in [5.41, 5.74) is 10.3. The molecule has 0 saturated heterocycles. The van der Waals surface area contributed by atoms with Crippen LogP contribution in [0.2, 0.25) is 0 Å². The zero-order valence-corrected chi connectivity index (χ0v) is 17.2. The molecule has 0 heterocycles. The topological polar surface area (TPSA) is 52.3 Å². The van der Waals surface area contributed by atoms with Crippen LogP contribution >= 0.6 is 0 Å². The Hall–Kier alpha value is -3.17. The van der Waals surface area contributed by atoms with E-state index in [0.29, 0.717) is 19.4 Å². The number of nitrogens with two attached hydrogens (primary N) is 1. The summed E-state index contributed by atoms with van der Waals surface area (Å²) < 4.78 is 5.52. The highest BCUT2D eigenvalue weighted by Gasteiger charge is 2.42. The molecule has 0 atom stereocenters. The van der Waals surface area contributed by atoms with E-state index in [2.05, 4.69) is 72.8 Å². The van der Waals surface area contributed by atoms with E-state index in [4.69, 9.17) is 10.5 Å². The SMILES string of the molecule is CCOC(=O)C1(CN)Cc2ccc3ccccc3c2-c2c(ccc3ccccc23)C1. The molecule has 0 spiro atoms. The number of hydrogen-bond donors (Lipinski definition) is 1. The van der Waals surface area contributed by atoms with Crippen molar-refractivity contribution >= 4 is 27.5 Å². The van der Waals surface area contributed by atoms with Crippen LogP contribution in [-0.2, 0) is 22.4 Å². The van der Waals surface area contributed by atoms with E-state index < -0.39 is 5.41 Å². The molecule has 0 aromatic heterocycles. The average Bonchev–Trinajstić information content (AvgIpc) is 2.94. The number of carbonyl (C=O) groups excluding carboxylic acids is 1. The zero-order chi connectivity index (χ0) is 20.7. The predicted molar refractivity (Wildman–Crippen MR) is 122 cm³/mol. The minimum absolute atomic E-state index is 0.201. The van der Waals surface area contributed by atoms with Crippen LogP contribution in [0.15, 0.2) is 72.8 Å². The van der Waals surface area contributed by atoms with Crippen LogP contribution in [0.5, 0.6) is 0 Å². The number of rotatable bonds is 3. The van der Waals surface area contributed by atoms with Crippen LogP contribution in [0.3, 0.4) is 0 Å². The van der Waals surface area contributed by atoms with E-state index in [9.17, 15) is 4.79 Å². The van der Waals surface area contributed by atoms with Crippen LogP contribution in [0, 0.1) is 5.41 Å². The summed E-state index contributed by atoms with van der Waals surface area (Å²) in [7, 11) is 0. The van der Waals surface area contributed by atoms with Crippen LogP contribution in [0.1, 0.15) is 18.1 Å². The summed E-state index contributed by atoms with van der Waals surface area (Å²) in [4.78, 5) is 13.1. The number of fused-ring (bicyclic) bond motifs is 7. The third-order valence-electron chi connectivity index (χ3n) is 6.44. The maximum atomic E-state index is 13.1. The van der Waals surface area contributed by atoms with Crippen molar-refractivity contribution in [3.63, 3.8) is 0 Å². The van der Waals surface area contributed by atoms with Crippen molar-refractivity contribution < 1.29 is 9.53 Å². The summed E-state index contributed by atoms with van der Waals surface area (Å²) >= 11 is 0. The minimum atomic E-state index is -0.763. The fourth-order valence-electron chi connectivity index (χ4n) is 4.97. The molecule has 5 rings (SSSR count). The molecule has 1 aliphatic carbocycles. The quantitative estimate of drug-likeness (QED) is 0.481. The van der Waals surface area contributed by atoms with Crippen LogP contribution in [0.4, 0.5) is 0 Å². The molecule has 0 saturated carbocycles. The lowest BCUT2D eigenvalue weighted by Gasteiger charge is -2.29. The molecule has 2 N–H and O–H groups in total. The summed E-state index contributed by atoms with van der Waals surface area (Å²) in [6.07, 6.45) is 1.15. The summed E-state index contributed by atoms with van der Waals surface area (Å²) in [5, 5.41) is 4.83. The molecule has 0 unspecified atom stereocenters. The van der Waals surface area contributed by atoms with Crippen molar-refractivity contribution in [1.29, 1.82) is 0 Å². The normalized spacial score (nSPS) is 14.7. The van der Waals surface area contributed by atoms with Crippen LogP contribution in [0.25, 0.3) is 32.7 Å². The van der Waals surface area contributed by atoms with Gasteiger partial charge in [0.1, 0.15) is 0 Å². The second-order valence-electron chi connectivity index (χ2n) is 8.20. The van der Waals surface area contributed by atoms with Gasteiger partial charge in [0.2, 0.25) is 0 Å². The Bertz CT molecular complexity index is 1190. The average molecular weight is 396 g/mol. The molecule has 150 valence electrons. The van der Waals surface area contributed by atoms with Gasteiger partial charge < -0.3 is 10.5 Å². The lowest BCUT2D eigenvalue weighted by molar-refractivity contribution is -0.154. The van der Waals surface area contributed by atoms with E-state index in [-0.39, 0.29) is 12.5 Å². The van der Waals surface area contributed by atoms with Gasteiger partial charge in [0.25, 0.3) is 0 Å². The van der Waals surface area contributed by atoms with E-state index >= 15 is 0 Å². The summed E-state index contributed by atoms with van der Waals surface area (Å²) in [5.74, 6) is -0.201. The standard InChI is InChI=1S/C27H25NO2/c1-2-30-26(29)27(17-28)15-20-13-11-18-7-3-5-9-22(18)24(20)25-21(16-27)14-12-19-8-4-6-10-23(19)25/h3-14H,2,15-17,28H2,1H3. The van der Waals surface area contributed by atoms with Crippen molar-refractivity contribution in [2.24, 2.45) is 11.1 Å². The van der Waals surface area contributed by atoms with Crippen LogP contribution < -0.4 is 5.73 Å². The zero-order valence-electron chi connectivity index (χ0n) is 17.2. The van der Waals surface area contributed by atoms with E-state index in [1.54, 1.807) is 0 Å². The van der Waals surface area contributed by atoms with Crippen molar-refractivity contribution in [2.45, 2.75) is 19.8 Å². The van der Waals surface area contributed by atoms with Crippen molar-refractivity contribution in [1.82, 2.24) is 0 Å². The largest absolute Gasteiger partial charge is 0.466 e. The van der Waals surface area contributed by atoms with Crippen molar-refractivity contribution in [3.05, 3.63) is 83.9 Å². The second-order valence-corrected chi connectivity index (χ2v) is 8.20. The Morgan fingerprint density at radius 3 is 1.80 bits per heavy atom. The maximum Gasteiger partial charge on any atom is 0.314 e. The molecule has 4 aromatic carbocycles. The first-order valence-electron chi connectivity index (χ1n) is 10.6. The maximum absolute atomic E-state index is 13.1. The number of hydrogen-bond acceptors (Lipinski definition) is 3. The van der Waals surface area contributed by atoms with Gasteiger partial charge in [0, 0.05) is 6.54 Å². The van der Waals surface area contributed by atoms with Gasteiger partial charge >= 0.3 is 5.97 Å². The van der Waals surface area contributed by atoms with Gasteiger partial charge in [0.15, 0.2) is 0 Å². The Morgan fingerprint density at radius 1 is 0.833 bits per heavy atom. The highest BCUT2D eigenvalue weighted by molar-refractivity contribution is 6.08. The minimum Gasteiger partial charge on any atom is -0.466 e. The number of benzene rings is 4. The highest BCUT2D eigenvalue weighted by atomic mass is 16.5. The highest BCUT2D eigenvalue weighted by Crippen LogP contribution is 2.46. The Morgan fingerprint density at radius 2 is 1.33 bits per heavy atom. The van der Waals surface area contributed by atoms with Gasteiger partial charge in [-0.1, -0.05) is 72.8 Å². The molecule has 0 amide bonds. The lowest BCUT2D eigenvalue weighted by Crippen LogP contribution is -2.43. The smallest absolute Gasteiger partial charge is 0.314 e. The van der Waals surface area contributed by atoms with Crippen molar-refractivity contribution in [2.75, 3.05) is 13.2 Å². The fourth-order valence-corrected chi connectivity index (χ4v) is 4.97. The summed E-state index contributed by atoms with van der Waals surface area (Å²) in [6, 6.07) is 25.6. The molecule has 0 fully saturated rings. The first kappa shape index (κ1) is 18.8. The Labute approximate surface area is 176 Å². The molecule has 0 radical (unpaired) electrons. The monoisotopic (exact) mass is 395 g/mol. The van der Waals surface area contributed by atoms with Gasteiger partial charge in [0.05, 0.1) is 12.0 Å². The molecule has 0 bridgehead atoms. The predicted octanol–water partition coefficient (Wildman–Crippen LogP) is 5.27. The van der Waals surface area contributed by atoms with E-state index in [1.807, 2.05) is 6.92 Å².